The van der Waals surface area contributed by atoms with Crippen molar-refractivity contribution in [3.05, 3.63) is 29.6 Å². The maximum Gasteiger partial charge on any atom is 0.270 e. The standard InChI is InChI=1S/C16H24N4O2/c1-20(2)10-9-18-15(21)12-7-8-17-14(11-12)16(22)19-13-5-3-4-6-13/h7-8,11,13H,3-6,9-10H2,1-2H3,(H,18,21)(H,19,22). The second kappa shape index (κ2) is 7.89. The molecule has 0 spiro atoms. The number of nitrogens with zero attached hydrogens (tertiary/aromatic N) is 2. The van der Waals surface area contributed by atoms with Gasteiger partial charge in [-0.05, 0) is 39.1 Å². The van der Waals surface area contributed by atoms with Crippen LogP contribution in [0.5, 0.6) is 0 Å². The minimum atomic E-state index is -0.199. The first-order valence-corrected chi connectivity index (χ1v) is 7.76. The zero-order valence-corrected chi connectivity index (χ0v) is 13.3. The second-order valence-electron chi connectivity index (χ2n) is 5.94. The molecular formula is C16H24N4O2. The van der Waals surface area contributed by atoms with Crippen molar-refractivity contribution in [2.24, 2.45) is 0 Å². The van der Waals surface area contributed by atoms with Gasteiger partial charge in [0.2, 0.25) is 0 Å². The fourth-order valence-electron chi connectivity index (χ4n) is 2.52. The average Bonchev–Trinajstić information content (AvgIpc) is 3.00. The van der Waals surface area contributed by atoms with Crippen LogP contribution in [0.25, 0.3) is 0 Å². The Morgan fingerprint density at radius 3 is 2.68 bits per heavy atom. The van der Waals surface area contributed by atoms with Gasteiger partial charge in [0.25, 0.3) is 11.8 Å². The summed E-state index contributed by atoms with van der Waals surface area (Å²) >= 11 is 0. The molecule has 22 heavy (non-hydrogen) atoms. The van der Waals surface area contributed by atoms with Gasteiger partial charge in [0.15, 0.2) is 0 Å². The lowest BCUT2D eigenvalue weighted by atomic mass is 10.2. The number of pyridine rings is 1. The van der Waals surface area contributed by atoms with E-state index in [0.717, 1.165) is 32.2 Å². The number of carbonyl (C=O) groups is 2. The summed E-state index contributed by atoms with van der Waals surface area (Å²) < 4.78 is 0. The minimum Gasteiger partial charge on any atom is -0.351 e. The van der Waals surface area contributed by atoms with Gasteiger partial charge in [0.1, 0.15) is 5.69 Å². The van der Waals surface area contributed by atoms with Crippen molar-refractivity contribution >= 4 is 11.8 Å². The summed E-state index contributed by atoms with van der Waals surface area (Å²) in [6, 6.07) is 3.42. The molecule has 2 N–H and O–H groups in total. The molecule has 1 heterocycles. The largest absolute Gasteiger partial charge is 0.351 e. The van der Waals surface area contributed by atoms with Crippen molar-refractivity contribution in [3.8, 4) is 0 Å². The third-order valence-electron chi connectivity index (χ3n) is 3.79. The van der Waals surface area contributed by atoms with Crippen molar-refractivity contribution < 1.29 is 9.59 Å². The summed E-state index contributed by atoms with van der Waals surface area (Å²) in [5, 5.41) is 5.81. The Balaban J connectivity index is 1.93. The quantitative estimate of drug-likeness (QED) is 0.824. The van der Waals surface area contributed by atoms with Crippen LogP contribution in [0.4, 0.5) is 0 Å². The van der Waals surface area contributed by atoms with Crippen molar-refractivity contribution in [2.75, 3.05) is 27.2 Å². The predicted molar refractivity (Wildman–Crippen MR) is 84.8 cm³/mol. The topological polar surface area (TPSA) is 74.3 Å². The van der Waals surface area contributed by atoms with Gasteiger partial charge in [-0.2, -0.15) is 0 Å². The van der Waals surface area contributed by atoms with Crippen LogP contribution < -0.4 is 10.6 Å². The molecule has 1 saturated carbocycles. The van der Waals surface area contributed by atoms with Crippen LogP contribution in [0.2, 0.25) is 0 Å². The van der Waals surface area contributed by atoms with E-state index in [1.54, 1.807) is 12.1 Å². The van der Waals surface area contributed by atoms with E-state index in [1.165, 1.54) is 6.20 Å². The molecule has 0 radical (unpaired) electrons. The van der Waals surface area contributed by atoms with Gasteiger partial charge in [-0.25, -0.2) is 0 Å². The number of hydrogen-bond acceptors (Lipinski definition) is 4. The number of amides is 2. The fraction of sp³-hybridized carbons (Fsp3) is 0.562. The van der Waals surface area contributed by atoms with Crippen LogP contribution in [0.3, 0.4) is 0 Å². The van der Waals surface area contributed by atoms with Crippen molar-refractivity contribution in [1.82, 2.24) is 20.5 Å². The molecule has 0 saturated heterocycles. The van der Waals surface area contributed by atoms with Crippen LogP contribution in [-0.4, -0.2) is 54.9 Å². The number of carbonyl (C=O) groups excluding carboxylic acids is 2. The molecule has 1 aromatic rings. The van der Waals surface area contributed by atoms with Gasteiger partial charge in [0, 0.05) is 30.9 Å². The van der Waals surface area contributed by atoms with Gasteiger partial charge in [-0.15, -0.1) is 0 Å². The summed E-state index contributed by atoms with van der Waals surface area (Å²) in [5.74, 6) is -0.381. The van der Waals surface area contributed by atoms with Gasteiger partial charge in [-0.3, -0.25) is 14.6 Å². The second-order valence-corrected chi connectivity index (χ2v) is 5.94. The molecule has 1 aliphatic rings. The van der Waals surface area contributed by atoms with Crippen LogP contribution in [0, 0.1) is 0 Å². The summed E-state index contributed by atoms with van der Waals surface area (Å²) in [6.07, 6.45) is 5.87. The summed E-state index contributed by atoms with van der Waals surface area (Å²) in [6.45, 7) is 1.34. The normalized spacial score (nSPS) is 15.0. The molecule has 0 aromatic carbocycles. The molecule has 6 heteroatoms. The first-order valence-electron chi connectivity index (χ1n) is 7.76. The van der Waals surface area contributed by atoms with E-state index in [0.29, 0.717) is 17.8 Å². The van der Waals surface area contributed by atoms with E-state index in [4.69, 9.17) is 0 Å². The zero-order chi connectivity index (χ0) is 15.9. The number of likely N-dealkylation sites (N-methyl/N-ethyl adjacent to an activating group) is 1. The molecule has 2 rings (SSSR count). The van der Waals surface area contributed by atoms with Crippen LogP contribution in [-0.2, 0) is 0 Å². The summed E-state index contributed by atoms with van der Waals surface area (Å²) in [7, 11) is 3.90. The highest BCUT2D eigenvalue weighted by molar-refractivity contribution is 5.98. The Labute approximate surface area is 131 Å². The molecule has 1 aromatic heterocycles. The Kier molecular flexibility index (Phi) is 5.89. The molecule has 0 atom stereocenters. The first-order chi connectivity index (χ1) is 10.6. The minimum absolute atomic E-state index is 0.181. The summed E-state index contributed by atoms with van der Waals surface area (Å²) in [4.78, 5) is 30.3. The molecule has 0 bridgehead atoms. The van der Waals surface area contributed by atoms with Gasteiger partial charge in [-0.1, -0.05) is 12.8 Å². The van der Waals surface area contributed by atoms with Gasteiger partial charge >= 0.3 is 0 Å². The smallest absolute Gasteiger partial charge is 0.270 e. The SMILES string of the molecule is CN(C)CCNC(=O)c1ccnc(C(=O)NC2CCCC2)c1. The Morgan fingerprint density at radius 2 is 2.00 bits per heavy atom. The van der Waals surface area contributed by atoms with E-state index in [-0.39, 0.29) is 17.9 Å². The van der Waals surface area contributed by atoms with E-state index < -0.39 is 0 Å². The predicted octanol–water partition coefficient (Wildman–Crippen LogP) is 1.05. The first kappa shape index (κ1) is 16.4. The van der Waals surface area contributed by atoms with Crippen molar-refractivity contribution in [1.29, 1.82) is 0 Å². The van der Waals surface area contributed by atoms with Crippen LogP contribution in [0.1, 0.15) is 46.5 Å². The number of rotatable bonds is 6. The number of aromatic nitrogens is 1. The van der Waals surface area contributed by atoms with Crippen molar-refractivity contribution in [2.45, 2.75) is 31.7 Å². The lowest BCUT2D eigenvalue weighted by molar-refractivity contribution is 0.0933. The monoisotopic (exact) mass is 304 g/mol. The average molecular weight is 304 g/mol. The Bertz CT molecular complexity index is 525. The highest BCUT2D eigenvalue weighted by atomic mass is 16.2. The number of hydrogen-bond donors (Lipinski definition) is 2. The molecule has 6 nitrogen and oxygen atoms in total. The molecule has 120 valence electrons. The Hall–Kier alpha value is -1.95. The maximum atomic E-state index is 12.2. The lowest BCUT2D eigenvalue weighted by Gasteiger charge is -2.12. The lowest BCUT2D eigenvalue weighted by Crippen LogP contribution is -2.34. The maximum absolute atomic E-state index is 12.2. The highest BCUT2D eigenvalue weighted by Gasteiger charge is 2.19. The van der Waals surface area contributed by atoms with E-state index in [9.17, 15) is 9.59 Å². The van der Waals surface area contributed by atoms with E-state index in [1.807, 2.05) is 19.0 Å². The van der Waals surface area contributed by atoms with Gasteiger partial charge < -0.3 is 15.5 Å². The number of nitrogens with one attached hydrogen (secondary N) is 2. The van der Waals surface area contributed by atoms with Crippen molar-refractivity contribution in [3.63, 3.8) is 0 Å². The van der Waals surface area contributed by atoms with Crippen LogP contribution >= 0.6 is 0 Å². The Morgan fingerprint density at radius 1 is 1.27 bits per heavy atom. The molecule has 0 aliphatic heterocycles. The fourth-order valence-corrected chi connectivity index (χ4v) is 2.52. The third-order valence-corrected chi connectivity index (χ3v) is 3.79. The van der Waals surface area contributed by atoms with Gasteiger partial charge in [0.05, 0.1) is 0 Å². The molecule has 1 aliphatic carbocycles. The molecule has 1 fully saturated rings. The third kappa shape index (κ3) is 4.80. The van der Waals surface area contributed by atoms with E-state index in [2.05, 4.69) is 15.6 Å². The summed E-state index contributed by atoms with van der Waals surface area (Å²) in [5.41, 5.74) is 0.762. The molecular weight excluding hydrogens is 280 g/mol. The van der Waals surface area contributed by atoms with Crippen LogP contribution in [0.15, 0.2) is 18.3 Å². The highest BCUT2D eigenvalue weighted by Crippen LogP contribution is 2.18. The zero-order valence-electron chi connectivity index (χ0n) is 13.3. The molecule has 0 unspecified atom stereocenters. The molecule has 2 amide bonds. The van der Waals surface area contributed by atoms with E-state index >= 15 is 0 Å².